The maximum Gasteiger partial charge on any atom is 0.315 e. The quantitative estimate of drug-likeness (QED) is 0.744. The lowest BCUT2D eigenvalue weighted by Gasteiger charge is -2.33. The van der Waals surface area contributed by atoms with E-state index in [0.29, 0.717) is 13.0 Å². The van der Waals surface area contributed by atoms with E-state index in [1.165, 1.54) is 0 Å². The first-order chi connectivity index (χ1) is 11.4. The van der Waals surface area contributed by atoms with Gasteiger partial charge in [-0.25, -0.2) is 9.78 Å². The number of hydrogen-bond acceptors (Lipinski definition) is 4. The fourth-order valence-electron chi connectivity index (χ4n) is 3.07. The fraction of sp³-hybridized carbons (Fsp3) is 0.667. The normalized spacial score (nSPS) is 18.1. The summed E-state index contributed by atoms with van der Waals surface area (Å²) in [4.78, 5) is 18.7. The molecule has 2 unspecified atom stereocenters. The van der Waals surface area contributed by atoms with Gasteiger partial charge in [0.05, 0.1) is 6.10 Å². The number of nitrogens with one attached hydrogen (secondary N) is 2. The number of aliphatic hydroxyl groups excluding tert-OH is 1. The fourth-order valence-corrected chi connectivity index (χ4v) is 3.07. The van der Waals surface area contributed by atoms with Crippen LogP contribution in [0, 0.1) is 12.8 Å². The van der Waals surface area contributed by atoms with Crippen molar-refractivity contribution in [2.75, 3.05) is 24.5 Å². The summed E-state index contributed by atoms with van der Waals surface area (Å²) in [6.07, 6.45) is 4.10. The molecule has 2 atom stereocenters. The zero-order chi connectivity index (χ0) is 17.5. The molecule has 2 amide bonds. The van der Waals surface area contributed by atoms with Crippen LogP contribution < -0.4 is 15.5 Å². The molecular formula is C18H30N4O2. The number of aryl methyl sites for hydroxylation is 1. The Bertz CT molecular complexity index is 510. The Morgan fingerprint density at radius 1 is 1.38 bits per heavy atom. The Labute approximate surface area is 144 Å². The number of carbonyl (C=O) groups excluding carboxylic acids is 1. The number of hydrogen-bond donors (Lipinski definition) is 3. The van der Waals surface area contributed by atoms with Gasteiger partial charge in [0.2, 0.25) is 0 Å². The van der Waals surface area contributed by atoms with Crippen LogP contribution in [0.4, 0.5) is 10.6 Å². The van der Waals surface area contributed by atoms with E-state index in [2.05, 4.69) is 32.7 Å². The Balaban J connectivity index is 1.69. The molecule has 0 aromatic carbocycles. The standard InChI is InChI=1S/C18H30N4O2/c1-13-4-5-17(19-11-13)22-8-6-16(7-9-22)21-18(24)20-12-14(2)10-15(3)23/h4-5,11,14-16,23H,6-10,12H2,1-3H3,(H2,20,21,24). The van der Waals surface area contributed by atoms with Gasteiger partial charge in [-0.15, -0.1) is 0 Å². The van der Waals surface area contributed by atoms with Gasteiger partial charge in [-0.3, -0.25) is 0 Å². The van der Waals surface area contributed by atoms with E-state index in [1.54, 1.807) is 6.92 Å². The van der Waals surface area contributed by atoms with Crippen LogP contribution in [0.3, 0.4) is 0 Å². The third-order valence-corrected chi connectivity index (χ3v) is 4.40. The molecule has 1 aromatic heterocycles. The summed E-state index contributed by atoms with van der Waals surface area (Å²) >= 11 is 0. The molecule has 134 valence electrons. The molecule has 6 heteroatoms. The van der Waals surface area contributed by atoms with E-state index < -0.39 is 0 Å². The average molecular weight is 334 g/mol. The SMILES string of the molecule is Cc1ccc(N2CCC(NC(=O)NCC(C)CC(C)O)CC2)nc1. The summed E-state index contributed by atoms with van der Waals surface area (Å²) < 4.78 is 0. The summed E-state index contributed by atoms with van der Waals surface area (Å²) in [7, 11) is 0. The number of carbonyl (C=O) groups is 1. The zero-order valence-electron chi connectivity index (χ0n) is 15.0. The van der Waals surface area contributed by atoms with E-state index in [1.807, 2.05) is 20.0 Å². The number of aliphatic hydroxyl groups is 1. The lowest BCUT2D eigenvalue weighted by atomic mass is 10.0. The molecule has 1 aromatic rings. The van der Waals surface area contributed by atoms with Crippen LogP contribution in [0.15, 0.2) is 18.3 Å². The van der Waals surface area contributed by atoms with E-state index in [0.717, 1.165) is 37.3 Å². The molecule has 0 radical (unpaired) electrons. The molecule has 2 heterocycles. The van der Waals surface area contributed by atoms with E-state index in [9.17, 15) is 9.90 Å². The summed E-state index contributed by atoms with van der Waals surface area (Å²) in [5, 5.41) is 15.3. The number of rotatable bonds is 6. The third kappa shape index (κ3) is 6.00. The van der Waals surface area contributed by atoms with Crippen molar-refractivity contribution < 1.29 is 9.90 Å². The molecule has 6 nitrogen and oxygen atoms in total. The number of amides is 2. The minimum Gasteiger partial charge on any atom is -0.393 e. The number of nitrogens with zero attached hydrogens (tertiary/aromatic N) is 2. The molecule has 0 aliphatic carbocycles. The molecule has 0 saturated carbocycles. The molecule has 1 fully saturated rings. The Morgan fingerprint density at radius 2 is 2.08 bits per heavy atom. The van der Waals surface area contributed by atoms with Gasteiger partial charge in [-0.05, 0) is 50.7 Å². The molecule has 1 aliphatic heterocycles. The highest BCUT2D eigenvalue weighted by molar-refractivity contribution is 5.74. The van der Waals surface area contributed by atoms with Crippen molar-refractivity contribution in [1.82, 2.24) is 15.6 Å². The van der Waals surface area contributed by atoms with Crippen molar-refractivity contribution in [2.24, 2.45) is 5.92 Å². The van der Waals surface area contributed by atoms with Gasteiger partial charge in [0.25, 0.3) is 0 Å². The highest BCUT2D eigenvalue weighted by Crippen LogP contribution is 2.18. The minimum atomic E-state index is -0.329. The lowest BCUT2D eigenvalue weighted by molar-refractivity contribution is 0.163. The van der Waals surface area contributed by atoms with Crippen LogP contribution in [-0.4, -0.2) is 47.9 Å². The molecule has 0 spiro atoms. The minimum absolute atomic E-state index is 0.112. The first-order valence-electron chi connectivity index (χ1n) is 8.84. The second-order valence-electron chi connectivity index (χ2n) is 7.00. The van der Waals surface area contributed by atoms with Gasteiger partial charge >= 0.3 is 6.03 Å². The number of pyridine rings is 1. The lowest BCUT2D eigenvalue weighted by Crippen LogP contribution is -2.48. The van der Waals surface area contributed by atoms with Crippen LogP contribution in [0.1, 0.15) is 38.7 Å². The Morgan fingerprint density at radius 3 is 2.67 bits per heavy atom. The van der Waals surface area contributed by atoms with Gasteiger partial charge in [0.15, 0.2) is 0 Å². The first kappa shape index (κ1) is 18.5. The molecule has 2 rings (SSSR count). The summed E-state index contributed by atoms with van der Waals surface area (Å²) in [6.45, 7) is 8.22. The Hall–Kier alpha value is -1.82. The summed E-state index contributed by atoms with van der Waals surface area (Å²) in [5.74, 6) is 1.28. The molecular weight excluding hydrogens is 304 g/mol. The van der Waals surface area contributed by atoms with Crippen LogP contribution in [0.25, 0.3) is 0 Å². The van der Waals surface area contributed by atoms with Crippen molar-refractivity contribution >= 4 is 11.8 Å². The zero-order valence-corrected chi connectivity index (χ0v) is 15.0. The van der Waals surface area contributed by atoms with Crippen molar-refractivity contribution in [2.45, 2.75) is 52.2 Å². The molecule has 0 bridgehead atoms. The van der Waals surface area contributed by atoms with Crippen molar-refractivity contribution in [3.63, 3.8) is 0 Å². The number of urea groups is 1. The van der Waals surface area contributed by atoms with Crippen molar-refractivity contribution in [1.29, 1.82) is 0 Å². The van der Waals surface area contributed by atoms with E-state index >= 15 is 0 Å². The van der Waals surface area contributed by atoms with Crippen LogP contribution in [0.2, 0.25) is 0 Å². The maximum absolute atomic E-state index is 12.0. The molecule has 1 aliphatic rings. The Kier molecular flexibility index (Phi) is 6.85. The highest BCUT2D eigenvalue weighted by Gasteiger charge is 2.21. The second-order valence-corrected chi connectivity index (χ2v) is 7.00. The smallest absolute Gasteiger partial charge is 0.315 e. The van der Waals surface area contributed by atoms with Crippen LogP contribution in [0.5, 0.6) is 0 Å². The van der Waals surface area contributed by atoms with E-state index in [-0.39, 0.29) is 24.1 Å². The summed E-state index contributed by atoms with van der Waals surface area (Å²) in [6, 6.07) is 4.23. The van der Waals surface area contributed by atoms with Gasteiger partial charge in [0.1, 0.15) is 5.82 Å². The largest absolute Gasteiger partial charge is 0.393 e. The first-order valence-corrected chi connectivity index (χ1v) is 8.84. The topological polar surface area (TPSA) is 77.5 Å². The number of piperidine rings is 1. The van der Waals surface area contributed by atoms with Crippen LogP contribution >= 0.6 is 0 Å². The average Bonchev–Trinajstić information content (AvgIpc) is 2.54. The summed E-state index contributed by atoms with van der Waals surface area (Å²) in [5.41, 5.74) is 1.16. The number of anilines is 1. The predicted octanol–water partition coefficient (Wildman–Crippen LogP) is 2.07. The van der Waals surface area contributed by atoms with Gasteiger partial charge in [-0.2, -0.15) is 0 Å². The van der Waals surface area contributed by atoms with Crippen molar-refractivity contribution in [3.8, 4) is 0 Å². The number of aromatic nitrogens is 1. The maximum atomic E-state index is 12.0. The van der Waals surface area contributed by atoms with E-state index in [4.69, 9.17) is 0 Å². The molecule has 24 heavy (non-hydrogen) atoms. The van der Waals surface area contributed by atoms with Crippen LogP contribution in [-0.2, 0) is 0 Å². The monoisotopic (exact) mass is 334 g/mol. The van der Waals surface area contributed by atoms with Gasteiger partial charge in [0, 0.05) is 31.9 Å². The molecule has 1 saturated heterocycles. The van der Waals surface area contributed by atoms with Gasteiger partial charge < -0.3 is 20.6 Å². The predicted molar refractivity (Wildman–Crippen MR) is 96.2 cm³/mol. The third-order valence-electron chi connectivity index (χ3n) is 4.40. The second kappa shape index (κ2) is 8.87. The molecule has 3 N–H and O–H groups in total. The highest BCUT2D eigenvalue weighted by atomic mass is 16.3. The van der Waals surface area contributed by atoms with Gasteiger partial charge in [-0.1, -0.05) is 13.0 Å². The van der Waals surface area contributed by atoms with Crippen molar-refractivity contribution in [3.05, 3.63) is 23.9 Å².